The van der Waals surface area contributed by atoms with E-state index in [1.165, 1.54) is 0 Å². The van der Waals surface area contributed by atoms with Crippen LogP contribution in [0.4, 0.5) is 0 Å². The molecule has 0 saturated carbocycles. The van der Waals surface area contributed by atoms with Gasteiger partial charge in [0.2, 0.25) is 0 Å². The van der Waals surface area contributed by atoms with Gasteiger partial charge in [0, 0.05) is 49.2 Å². The molecule has 0 aliphatic carbocycles. The SMILES string of the molecule is Cn1ccc2ccc(C(=O)NCCc3ccccn3)cc21. The molecular formula is C17H17N3O. The Labute approximate surface area is 123 Å². The van der Waals surface area contributed by atoms with Gasteiger partial charge < -0.3 is 9.88 Å². The second-order valence-corrected chi connectivity index (χ2v) is 5.03. The predicted octanol–water partition coefficient (Wildman–Crippen LogP) is 2.55. The minimum Gasteiger partial charge on any atom is -0.352 e. The van der Waals surface area contributed by atoms with Crippen molar-refractivity contribution in [3.8, 4) is 0 Å². The van der Waals surface area contributed by atoms with E-state index in [0.29, 0.717) is 12.1 Å². The zero-order valence-electron chi connectivity index (χ0n) is 11.9. The number of hydrogen-bond donors (Lipinski definition) is 1. The van der Waals surface area contributed by atoms with Gasteiger partial charge in [0.05, 0.1) is 0 Å². The molecule has 106 valence electrons. The maximum atomic E-state index is 12.2. The fourth-order valence-corrected chi connectivity index (χ4v) is 2.36. The van der Waals surface area contributed by atoms with Gasteiger partial charge in [0.1, 0.15) is 0 Å². The highest BCUT2D eigenvalue weighted by Gasteiger charge is 2.07. The number of fused-ring (bicyclic) bond motifs is 1. The third-order valence-corrected chi connectivity index (χ3v) is 3.54. The van der Waals surface area contributed by atoms with E-state index in [-0.39, 0.29) is 5.91 Å². The summed E-state index contributed by atoms with van der Waals surface area (Å²) in [5.41, 5.74) is 2.73. The van der Waals surface area contributed by atoms with E-state index in [9.17, 15) is 4.79 Å². The smallest absolute Gasteiger partial charge is 0.251 e. The molecule has 4 heteroatoms. The van der Waals surface area contributed by atoms with Crippen LogP contribution in [0.2, 0.25) is 0 Å². The molecule has 0 aliphatic rings. The summed E-state index contributed by atoms with van der Waals surface area (Å²) in [7, 11) is 1.98. The number of carbonyl (C=O) groups is 1. The van der Waals surface area contributed by atoms with Crippen LogP contribution in [0.5, 0.6) is 0 Å². The molecule has 0 saturated heterocycles. The van der Waals surface area contributed by atoms with Gasteiger partial charge in [-0.05, 0) is 35.7 Å². The van der Waals surface area contributed by atoms with Crippen LogP contribution in [0, 0.1) is 0 Å². The van der Waals surface area contributed by atoms with E-state index in [2.05, 4.69) is 10.3 Å². The largest absolute Gasteiger partial charge is 0.352 e. The van der Waals surface area contributed by atoms with E-state index in [1.54, 1.807) is 6.20 Å². The first-order valence-electron chi connectivity index (χ1n) is 6.97. The number of benzene rings is 1. The molecule has 0 aliphatic heterocycles. The highest BCUT2D eigenvalue weighted by molar-refractivity contribution is 5.98. The minimum absolute atomic E-state index is 0.0472. The Kier molecular flexibility index (Phi) is 3.69. The van der Waals surface area contributed by atoms with Crippen LogP contribution in [0.15, 0.2) is 54.9 Å². The molecule has 1 amide bonds. The molecule has 1 aromatic carbocycles. The van der Waals surface area contributed by atoms with Crippen LogP contribution in [0.3, 0.4) is 0 Å². The van der Waals surface area contributed by atoms with Gasteiger partial charge in [-0.2, -0.15) is 0 Å². The highest BCUT2D eigenvalue weighted by Crippen LogP contribution is 2.16. The second-order valence-electron chi connectivity index (χ2n) is 5.03. The van der Waals surface area contributed by atoms with Crippen LogP contribution >= 0.6 is 0 Å². The van der Waals surface area contributed by atoms with Gasteiger partial charge in [0.15, 0.2) is 0 Å². The Morgan fingerprint density at radius 1 is 1.24 bits per heavy atom. The number of carbonyl (C=O) groups excluding carboxylic acids is 1. The molecule has 21 heavy (non-hydrogen) atoms. The summed E-state index contributed by atoms with van der Waals surface area (Å²) in [6.07, 6.45) is 4.49. The molecule has 2 heterocycles. The lowest BCUT2D eigenvalue weighted by atomic mass is 10.1. The number of aryl methyl sites for hydroxylation is 1. The lowest BCUT2D eigenvalue weighted by Gasteiger charge is -2.06. The fourth-order valence-electron chi connectivity index (χ4n) is 2.36. The Bertz CT molecular complexity index is 762. The average molecular weight is 279 g/mol. The lowest BCUT2D eigenvalue weighted by molar-refractivity contribution is 0.0954. The number of amides is 1. The standard InChI is InChI=1S/C17H17N3O/c1-20-11-8-13-5-6-14(12-16(13)20)17(21)19-10-7-15-4-2-3-9-18-15/h2-6,8-9,11-12H,7,10H2,1H3,(H,19,21). The van der Waals surface area contributed by atoms with Gasteiger partial charge in [-0.25, -0.2) is 0 Å². The van der Waals surface area contributed by atoms with Crippen LogP contribution in [-0.2, 0) is 13.5 Å². The first-order valence-corrected chi connectivity index (χ1v) is 6.97. The highest BCUT2D eigenvalue weighted by atomic mass is 16.1. The van der Waals surface area contributed by atoms with Crippen molar-refractivity contribution in [2.75, 3.05) is 6.54 Å². The topological polar surface area (TPSA) is 46.9 Å². The van der Waals surface area contributed by atoms with Crippen molar-refractivity contribution >= 4 is 16.8 Å². The summed E-state index contributed by atoms with van der Waals surface area (Å²) >= 11 is 0. The number of nitrogens with zero attached hydrogens (tertiary/aromatic N) is 2. The predicted molar refractivity (Wildman–Crippen MR) is 83.2 cm³/mol. The number of aromatic nitrogens is 2. The van der Waals surface area contributed by atoms with Crippen molar-refractivity contribution in [3.05, 3.63) is 66.1 Å². The Balaban J connectivity index is 1.65. The van der Waals surface area contributed by atoms with Gasteiger partial charge in [-0.1, -0.05) is 12.1 Å². The van der Waals surface area contributed by atoms with E-state index in [0.717, 1.165) is 23.0 Å². The third kappa shape index (κ3) is 2.94. The molecule has 4 nitrogen and oxygen atoms in total. The van der Waals surface area contributed by atoms with Crippen molar-refractivity contribution in [2.24, 2.45) is 7.05 Å². The first-order chi connectivity index (χ1) is 10.2. The van der Waals surface area contributed by atoms with E-state index in [1.807, 2.05) is 60.3 Å². The fraction of sp³-hybridized carbons (Fsp3) is 0.176. The average Bonchev–Trinajstić information content (AvgIpc) is 2.89. The molecule has 0 bridgehead atoms. The van der Waals surface area contributed by atoms with Crippen molar-refractivity contribution in [1.82, 2.24) is 14.9 Å². The Hall–Kier alpha value is -2.62. The van der Waals surface area contributed by atoms with Crippen molar-refractivity contribution in [1.29, 1.82) is 0 Å². The summed E-state index contributed by atoms with van der Waals surface area (Å²) in [5.74, 6) is -0.0472. The molecule has 0 radical (unpaired) electrons. The summed E-state index contributed by atoms with van der Waals surface area (Å²) in [6, 6.07) is 13.6. The summed E-state index contributed by atoms with van der Waals surface area (Å²) < 4.78 is 2.01. The summed E-state index contributed by atoms with van der Waals surface area (Å²) in [5, 5.41) is 4.08. The van der Waals surface area contributed by atoms with Crippen LogP contribution in [-0.4, -0.2) is 22.0 Å². The van der Waals surface area contributed by atoms with E-state index < -0.39 is 0 Å². The molecule has 1 N–H and O–H groups in total. The second kappa shape index (κ2) is 5.79. The van der Waals surface area contributed by atoms with Crippen LogP contribution in [0.1, 0.15) is 16.1 Å². The molecule has 2 aromatic heterocycles. The van der Waals surface area contributed by atoms with Gasteiger partial charge in [0.25, 0.3) is 5.91 Å². The summed E-state index contributed by atoms with van der Waals surface area (Å²) in [4.78, 5) is 16.4. The van der Waals surface area contributed by atoms with E-state index >= 15 is 0 Å². The lowest BCUT2D eigenvalue weighted by Crippen LogP contribution is -2.25. The number of rotatable bonds is 4. The Morgan fingerprint density at radius 2 is 2.14 bits per heavy atom. The van der Waals surface area contributed by atoms with Gasteiger partial charge in [-0.3, -0.25) is 9.78 Å². The van der Waals surface area contributed by atoms with Gasteiger partial charge >= 0.3 is 0 Å². The zero-order valence-corrected chi connectivity index (χ0v) is 11.9. The van der Waals surface area contributed by atoms with Gasteiger partial charge in [-0.15, -0.1) is 0 Å². The quantitative estimate of drug-likeness (QED) is 0.798. The summed E-state index contributed by atoms with van der Waals surface area (Å²) in [6.45, 7) is 0.584. The zero-order chi connectivity index (χ0) is 14.7. The molecule has 3 aromatic rings. The molecule has 0 spiro atoms. The van der Waals surface area contributed by atoms with Crippen molar-refractivity contribution in [2.45, 2.75) is 6.42 Å². The van der Waals surface area contributed by atoms with Crippen LogP contribution in [0.25, 0.3) is 10.9 Å². The monoisotopic (exact) mass is 279 g/mol. The van der Waals surface area contributed by atoms with Crippen molar-refractivity contribution in [3.63, 3.8) is 0 Å². The minimum atomic E-state index is -0.0472. The Morgan fingerprint density at radius 3 is 2.95 bits per heavy atom. The van der Waals surface area contributed by atoms with Crippen molar-refractivity contribution < 1.29 is 4.79 Å². The first kappa shape index (κ1) is 13.4. The van der Waals surface area contributed by atoms with Crippen LogP contribution < -0.4 is 5.32 Å². The normalized spacial score (nSPS) is 10.7. The molecule has 0 atom stereocenters. The number of nitrogens with one attached hydrogen (secondary N) is 1. The molecule has 0 fully saturated rings. The molecule has 0 unspecified atom stereocenters. The number of hydrogen-bond acceptors (Lipinski definition) is 2. The molecule has 3 rings (SSSR count). The van der Waals surface area contributed by atoms with E-state index in [4.69, 9.17) is 0 Å². The maximum absolute atomic E-state index is 12.2. The maximum Gasteiger partial charge on any atom is 0.251 e. The third-order valence-electron chi connectivity index (χ3n) is 3.54. The number of pyridine rings is 1. The molecular weight excluding hydrogens is 262 g/mol.